The molecule has 4 atom stereocenters. The third-order valence-corrected chi connectivity index (χ3v) is 3.60. The van der Waals surface area contributed by atoms with Gasteiger partial charge in [-0.15, -0.1) is 0 Å². The predicted octanol–water partition coefficient (Wildman–Crippen LogP) is 0.757. The van der Waals surface area contributed by atoms with Gasteiger partial charge in [0.2, 0.25) is 5.91 Å². The van der Waals surface area contributed by atoms with Gasteiger partial charge < -0.3 is 10.6 Å². The molecule has 14 heavy (non-hydrogen) atoms. The van der Waals surface area contributed by atoms with Crippen molar-refractivity contribution in [1.29, 1.82) is 0 Å². The summed E-state index contributed by atoms with van der Waals surface area (Å²) in [6.07, 6.45) is 2.26. The summed E-state index contributed by atoms with van der Waals surface area (Å²) in [5.74, 6) is 1.82. The lowest BCUT2D eigenvalue weighted by atomic mass is 9.94. The fourth-order valence-corrected chi connectivity index (χ4v) is 2.16. The Morgan fingerprint density at radius 1 is 1.36 bits per heavy atom. The molecule has 3 heteroatoms. The number of carbonyl (C=O) groups excluding carboxylic acids is 1. The van der Waals surface area contributed by atoms with Crippen LogP contribution in [0.5, 0.6) is 0 Å². The van der Waals surface area contributed by atoms with Crippen molar-refractivity contribution in [3.63, 3.8) is 0 Å². The second-order valence-corrected chi connectivity index (χ2v) is 4.90. The summed E-state index contributed by atoms with van der Waals surface area (Å²) >= 11 is 0. The first-order valence-electron chi connectivity index (χ1n) is 5.69. The van der Waals surface area contributed by atoms with Crippen molar-refractivity contribution >= 4 is 5.91 Å². The highest BCUT2D eigenvalue weighted by molar-refractivity contribution is 5.81. The first-order chi connectivity index (χ1) is 6.68. The number of amides is 1. The lowest BCUT2D eigenvalue weighted by Crippen LogP contribution is -2.50. The molecule has 80 valence electrons. The Bertz CT molecular complexity index is 229. The Morgan fingerprint density at radius 2 is 2.07 bits per heavy atom. The van der Waals surface area contributed by atoms with Crippen LogP contribution in [0, 0.1) is 17.8 Å². The Labute approximate surface area is 85.6 Å². The van der Waals surface area contributed by atoms with Gasteiger partial charge in [0, 0.05) is 18.5 Å². The molecule has 1 saturated heterocycles. The molecule has 1 saturated carbocycles. The molecular weight excluding hydrogens is 176 g/mol. The fraction of sp³-hybridized carbons (Fsp3) is 0.909. The van der Waals surface area contributed by atoms with E-state index < -0.39 is 0 Å². The molecule has 2 fully saturated rings. The number of nitrogens with one attached hydrogen (secondary N) is 2. The van der Waals surface area contributed by atoms with E-state index in [0.29, 0.717) is 23.8 Å². The molecule has 1 amide bonds. The van der Waals surface area contributed by atoms with Crippen LogP contribution >= 0.6 is 0 Å². The maximum Gasteiger partial charge on any atom is 0.223 e. The third kappa shape index (κ3) is 2.08. The molecule has 3 nitrogen and oxygen atoms in total. The van der Waals surface area contributed by atoms with Crippen LogP contribution < -0.4 is 10.6 Å². The highest BCUT2D eigenvalue weighted by Crippen LogP contribution is 2.37. The summed E-state index contributed by atoms with van der Waals surface area (Å²) in [5, 5.41) is 6.49. The van der Waals surface area contributed by atoms with Crippen molar-refractivity contribution in [1.82, 2.24) is 10.6 Å². The summed E-state index contributed by atoms with van der Waals surface area (Å²) in [5.41, 5.74) is 0. The van der Waals surface area contributed by atoms with E-state index in [4.69, 9.17) is 0 Å². The molecule has 4 unspecified atom stereocenters. The van der Waals surface area contributed by atoms with Gasteiger partial charge in [0.25, 0.3) is 0 Å². The van der Waals surface area contributed by atoms with Crippen LogP contribution in [0.4, 0.5) is 0 Å². The SMILES string of the molecule is CC1CCNCC1NC(=O)C1CC1C. The van der Waals surface area contributed by atoms with Crippen LogP contribution in [-0.4, -0.2) is 25.0 Å². The van der Waals surface area contributed by atoms with Crippen molar-refractivity contribution in [3.05, 3.63) is 0 Å². The number of piperidine rings is 1. The van der Waals surface area contributed by atoms with E-state index in [-0.39, 0.29) is 5.91 Å². The molecule has 0 aromatic carbocycles. The second-order valence-electron chi connectivity index (χ2n) is 4.90. The molecule has 1 aliphatic heterocycles. The Balaban J connectivity index is 1.80. The van der Waals surface area contributed by atoms with Gasteiger partial charge in [-0.3, -0.25) is 4.79 Å². The smallest absolute Gasteiger partial charge is 0.223 e. The van der Waals surface area contributed by atoms with Crippen molar-refractivity contribution in [2.24, 2.45) is 17.8 Å². The average molecular weight is 196 g/mol. The molecule has 2 aliphatic rings. The van der Waals surface area contributed by atoms with E-state index in [1.54, 1.807) is 0 Å². The first kappa shape index (κ1) is 9.97. The molecule has 0 radical (unpaired) electrons. The Hall–Kier alpha value is -0.570. The third-order valence-electron chi connectivity index (χ3n) is 3.60. The standard InChI is InChI=1S/C11H20N2O/c1-7-3-4-12-6-10(7)13-11(14)9-5-8(9)2/h7-10,12H,3-6H2,1-2H3,(H,13,14). The fourth-order valence-electron chi connectivity index (χ4n) is 2.16. The van der Waals surface area contributed by atoms with Crippen LogP contribution in [0.3, 0.4) is 0 Å². The summed E-state index contributed by atoms with van der Waals surface area (Å²) in [4.78, 5) is 11.7. The van der Waals surface area contributed by atoms with Gasteiger partial charge in [0.05, 0.1) is 0 Å². The minimum atomic E-state index is 0.276. The van der Waals surface area contributed by atoms with Gasteiger partial charge in [-0.2, -0.15) is 0 Å². The van der Waals surface area contributed by atoms with Crippen LogP contribution in [0.2, 0.25) is 0 Å². The molecule has 0 aromatic heterocycles. The van der Waals surface area contributed by atoms with E-state index >= 15 is 0 Å². The molecule has 0 bridgehead atoms. The van der Waals surface area contributed by atoms with Gasteiger partial charge in [-0.05, 0) is 31.2 Å². The zero-order valence-electron chi connectivity index (χ0n) is 9.05. The van der Waals surface area contributed by atoms with E-state index in [9.17, 15) is 4.79 Å². The highest BCUT2D eigenvalue weighted by Gasteiger charge is 2.40. The molecule has 1 heterocycles. The number of rotatable bonds is 2. The normalized spacial score (nSPS) is 41.9. The summed E-state index contributed by atoms with van der Waals surface area (Å²) < 4.78 is 0. The van der Waals surface area contributed by atoms with Gasteiger partial charge in [-0.25, -0.2) is 0 Å². The van der Waals surface area contributed by atoms with E-state index in [1.165, 1.54) is 6.42 Å². The number of hydrogen-bond acceptors (Lipinski definition) is 2. The van der Waals surface area contributed by atoms with Crippen LogP contribution in [0.15, 0.2) is 0 Å². The molecule has 1 aliphatic carbocycles. The topological polar surface area (TPSA) is 41.1 Å². The van der Waals surface area contributed by atoms with Gasteiger partial charge in [-0.1, -0.05) is 13.8 Å². The lowest BCUT2D eigenvalue weighted by molar-refractivity contribution is -0.123. The lowest BCUT2D eigenvalue weighted by Gasteiger charge is -2.30. The molecule has 0 spiro atoms. The first-order valence-corrected chi connectivity index (χ1v) is 5.69. The van der Waals surface area contributed by atoms with Gasteiger partial charge in [0.15, 0.2) is 0 Å². The molecule has 2 rings (SSSR count). The maximum atomic E-state index is 11.7. The van der Waals surface area contributed by atoms with Crippen molar-refractivity contribution in [2.45, 2.75) is 32.7 Å². The zero-order valence-corrected chi connectivity index (χ0v) is 9.05. The molecule has 0 aromatic rings. The van der Waals surface area contributed by atoms with E-state index in [1.807, 2.05) is 0 Å². The van der Waals surface area contributed by atoms with Crippen LogP contribution in [0.25, 0.3) is 0 Å². The summed E-state index contributed by atoms with van der Waals surface area (Å²) in [7, 11) is 0. The van der Waals surface area contributed by atoms with Gasteiger partial charge >= 0.3 is 0 Å². The van der Waals surface area contributed by atoms with Crippen molar-refractivity contribution < 1.29 is 4.79 Å². The Morgan fingerprint density at radius 3 is 2.64 bits per heavy atom. The minimum absolute atomic E-state index is 0.276. The van der Waals surface area contributed by atoms with Crippen molar-refractivity contribution in [3.8, 4) is 0 Å². The maximum absolute atomic E-state index is 11.7. The van der Waals surface area contributed by atoms with E-state index in [0.717, 1.165) is 19.5 Å². The highest BCUT2D eigenvalue weighted by atomic mass is 16.2. The summed E-state index contributed by atoms with van der Waals surface area (Å²) in [6, 6.07) is 0.351. The molecular formula is C11H20N2O. The van der Waals surface area contributed by atoms with E-state index in [2.05, 4.69) is 24.5 Å². The van der Waals surface area contributed by atoms with Crippen LogP contribution in [-0.2, 0) is 4.79 Å². The molecule has 2 N–H and O–H groups in total. The Kier molecular flexibility index (Phi) is 2.77. The zero-order chi connectivity index (χ0) is 10.1. The number of carbonyl (C=O) groups is 1. The second kappa shape index (κ2) is 3.89. The summed E-state index contributed by atoms with van der Waals surface area (Å²) in [6.45, 7) is 6.40. The number of hydrogen-bond donors (Lipinski definition) is 2. The average Bonchev–Trinajstić information content (AvgIpc) is 2.87. The minimum Gasteiger partial charge on any atom is -0.352 e. The van der Waals surface area contributed by atoms with Gasteiger partial charge in [0.1, 0.15) is 0 Å². The monoisotopic (exact) mass is 196 g/mol. The quantitative estimate of drug-likeness (QED) is 0.684. The van der Waals surface area contributed by atoms with Crippen LogP contribution in [0.1, 0.15) is 26.7 Å². The van der Waals surface area contributed by atoms with Crippen molar-refractivity contribution in [2.75, 3.05) is 13.1 Å². The predicted molar refractivity (Wildman–Crippen MR) is 55.9 cm³/mol. The largest absolute Gasteiger partial charge is 0.352 e.